The number of hydrogen-bond acceptors (Lipinski definition) is 4. The molecule has 7 nitrogen and oxygen atoms in total. The fourth-order valence-corrected chi connectivity index (χ4v) is 4.63. The van der Waals surface area contributed by atoms with Crippen LogP contribution in [0.3, 0.4) is 0 Å². The average molecular weight is 438 g/mol. The first kappa shape index (κ1) is 22.9. The first-order chi connectivity index (χ1) is 13.3. The van der Waals surface area contributed by atoms with Crippen LogP contribution in [-0.2, 0) is 16.6 Å². The standard InChI is InChI=1S/C20H24ClN3O4S/c1-20(2,3)23-29(27,28)17-11-15(8-9-16(17)21)19(26)24(4)12-13-6-5-7-14(10-13)18(22)25/h5-11,23H,12H2,1-4H3,(H2,22,25). The van der Waals surface area contributed by atoms with Crippen LogP contribution in [0.4, 0.5) is 0 Å². The van der Waals surface area contributed by atoms with Gasteiger partial charge in [0.15, 0.2) is 0 Å². The number of benzene rings is 2. The second kappa shape index (κ2) is 8.52. The SMILES string of the molecule is CN(Cc1cccc(C(N)=O)c1)C(=O)c1ccc(Cl)c(S(=O)(=O)NC(C)(C)C)c1. The Labute approximate surface area is 175 Å². The third-order valence-electron chi connectivity index (χ3n) is 3.89. The minimum atomic E-state index is -3.91. The van der Waals surface area contributed by atoms with E-state index < -0.39 is 27.4 Å². The van der Waals surface area contributed by atoms with Crippen molar-refractivity contribution >= 4 is 33.4 Å². The molecule has 2 aromatic carbocycles. The van der Waals surface area contributed by atoms with Crippen molar-refractivity contribution in [2.45, 2.75) is 37.8 Å². The van der Waals surface area contributed by atoms with E-state index in [9.17, 15) is 18.0 Å². The van der Waals surface area contributed by atoms with Crippen molar-refractivity contribution in [1.29, 1.82) is 0 Å². The normalized spacial score (nSPS) is 11.9. The molecule has 0 spiro atoms. The Kier molecular flexibility index (Phi) is 6.72. The van der Waals surface area contributed by atoms with Crippen LogP contribution in [0, 0.1) is 0 Å². The Hall–Kier alpha value is -2.42. The van der Waals surface area contributed by atoms with E-state index in [-0.39, 0.29) is 22.0 Å². The summed E-state index contributed by atoms with van der Waals surface area (Å²) in [6.07, 6.45) is 0. The van der Waals surface area contributed by atoms with Gasteiger partial charge in [-0.15, -0.1) is 0 Å². The molecule has 9 heteroatoms. The lowest BCUT2D eigenvalue weighted by atomic mass is 10.1. The van der Waals surface area contributed by atoms with Gasteiger partial charge < -0.3 is 10.6 Å². The minimum absolute atomic E-state index is 0.0233. The summed E-state index contributed by atoms with van der Waals surface area (Å²) >= 11 is 6.08. The predicted octanol–water partition coefficient (Wildman–Crippen LogP) is 2.79. The van der Waals surface area contributed by atoms with Crippen LogP contribution in [0.25, 0.3) is 0 Å². The number of carbonyl (C=O) groups excluding carboxylic acids is 2. The van der Waals surface area contributed by atoms with Crippen LogP contribution in [-0.4, -0.2) is 37.7 Å². The largest absolute Gasteiger partial charge is 0.366 e. The highest BCUT2D eigenvalue weighted by Gasteiger charge is 2.26. The molecule has 0 unspecified atom stereocenters. The smallest absolute Gasteiger partial charge is 0.253 e. The number of sulfonamides is 1. The zero-order valence-electron chi connectivity index (χ0n) is 16.7. The van der Waals surface area contributed by atoms with E-state index in [0.29, 0.717) is 11.1 Å². The van der Waals surface area contributed by atoms with Crippen LogP contribution >= 0.6 is 11.6 Å². The first-order valence-corrected chi connectivity index (χ1v) is 10.6. The summed E-state index contributed by atoms with van der Waals surface area (Å²) < 4.78 is 27.8. The third kappa shape index (κ3) is 6.03. The first-order valence-electron chi connectivity index (χ1n) is 8.78. The highest BCUT2D eigenvalue weighted by molar-refractivity contribution is 7.89. The van der Waals surface area contributed by atoms with Crippen molar-refractivity contribution in [1.82, 2.24) is 9.62 Å². The molecule has 0 saturated carbocycles. The Morgan fingerprint density at radius 2 is 1.76 bits per heavy atom. The van der Waals surface area contributed by atoms with E-state index in [2.05, 4.69) is 4.72 Å². The molecule has 3 N–H and O–H groups in total. The summed E-state index contributed by atoms with van der Waals surface area (Å²) in [5, 5.41) is 0.0233. The molecule has 0 heterocycles. The van der Waals surface area contributed by atoms with Crippen molar-refractivity contribution in [3.05, 3.63) is 64.2 Å². The van der Waals surface area contributed by atoms with E-state index in [1.807, 2.05) is 0 Å². The Morgan fingerprint density at radius 1 is 1.10 bits per heavy atom. The Bertz CT molecular complexity index is 1050. The van der Waals surface area contributed by atoms with Crippen molar-refractivity contribution in [2.24, 2.45) is 5.73 Å². The van der Waals surface area contributed by atoms with Gasteiger partial charge in [0.25, 0.3) is 5.91 Å². The van der Waals surface area contributed by atoms with Crippen LogP contribution in [0.15, 0.2) is 47.4 Å². The monoisotopic (exact) mass is 437 g/mol. The van der Waals surface area contributed by atoms with Gasteiger partial charge in [-0.25, -0.2) is 13.1 Å². The maximum atomic E-state index is 12.8. The number of nitrogens with one attached hydrogen (secondary N) is 1. The van der Waals surface area contributed by atoms with E-state index in [1.54, 1.807) is 52.1 Å². The topological polar surface area (TPSA) is 110 Å². The number of carbonyl (C=O) groups is 2. The zero-order valence-corrected chi connectivity index (χ0v) is 18.3. The van der Waals surface area contributed by atoms with Gasteiger partial charge in [-0.3, -0.25) is 9.59 Å². The van der Waals surface area contributed by atoms with Gasteiger partial charge in [0.1, 0.15) is 4.90 Å². The van der Waals surface area contributed by atoms with E-state index in [0.717, 1.165) is 0 Å². The van der Waals surface area contributed by atoms with Crippen molar-refractivity contribution in [3.63, 3.8) is 0 Å². The molecule has 156 valence electrons. The van der Waals surface area contributed by atoms with Gasteiger partial charge in [-0.1, -0.05) is 23.7 Å². The number of hydrogen-bond donors (Lipinski definition) is 2. The summed E-state index contributed by atoms with van der Waals surface area (Å²) in [4.78, 5) is 25.4. The van der Waals surface area contributed by atoms with Gasteiger partial charge in [0, 0.05) is 30.3 Å². The van der Waals surface area contributed by atoms with E-state index in [4.69, 9.17) is 17.3 Å². The maximum Gasteiger partial charge on any atom is 0.253 e. The number of nitrogens with zero attached hydrogens (tertiary/aromatic N) is 1. The Balaban J connectivity index is 2.29. The lowest BCUT2D eigenvalue weighted by molar-refractivity contribution is 0.0785. The molecule has 0 fully saturated rings. The summed E-state index contributed by atoms with van der Waals surface area (Å²) in [6, 6.07) is 10.8. The van der Waals surface area contributed by atoms with E-state index in [1.165, 1.54) is 23.1 Å². The summed E-state index contributed by atoms with van der Waals surface area (Å²) in [7, 11) is -2.33. The fourth-order valence-electron chi connectivity index (χ4n) is 2.69. The van der Waals surface area contributed by atoms with Crippen molar-refractivity contribution in [3.8, 4) is 0 Å². The van der Waals surface area contributed by atoms with Gasteiger partial charge >= 0.3 is 0 Å². The molecule has 0 aromatic heterocycles. The summed E-state index contributed by atoms with van der Waals surface area (Å²) in [5.74, 6) is -0.946. The minimum Gasteiger partial charge on any atom is -0.366 e. The molecule has 0 aliphatic carbocycles. The molecule has 2 aromatic rings. The number of primary amides is 1. The maximum absolute atomic E-state index is 12.8. The second-order valence-electron chi connectivity index (χ2n) is 7.73. The zero-order chi connectivity index (χ0) is 22.0. The van der Waals surface area contributed by atoms with Gasteiger partial charge in [-0.2, -0.15) is 0 Å². The average Bonchev–Trinajstić information content (AvgIpc) is 2.59. The molecular weight excluding hydrogens is 414 g/mol. The lowest BCUT2D eigenvalue weighted by Crippen LogP contribution is -2.40. The molecular formula is C20H24ClN3O4S. The van der Waals surface area contributed by atoms with E-state index >= 15 is 0 Å². The van der Waals surface area contributed by atoms with Crippen LogP contribution < -0.4 is 10.5 Å². The number of rotatable bonds is 6. The van der Waals surface area contributed by atoms with Crippen LogP contribution in [0.2, 0.25) is 5.02 Å². The quantitative estimate of drug-likeness (QED) is 0.723. The van der Waals surface area contributed by atoms with Crippen molar-refractivity contribution < 1.29 is 18.0 Å². The van der Waals surface area contributed by atoms with Crippen molar-refractivity contribution in [2.75, 3.05) is 7.05 Å². The van der Waals surface area contributed by atoms with Gasteiger partial charge in [-0.05, 0) is 56.7 Å². The second-order valence-corrected chi connectivity index (χ2v) is 9.78. The van der Waals surface area contributed by atoms with Gasteiger partial charge in [0.2, 0.25) is 15.9 Å². The summed E-state index contributed by atoms with van der Waals surface area (Å²) in [6.45, 7) is 5.34. The number of nitrogens with two attached hydrogens (primary N) is 1. The Morgan fingerprint density at radius 3 is 2.34 bits per heavy atom. The third-order valence-corrected chi connectivity index (χ3v) is 6.13. The lowest BCUT2D eigenvalue weighted by Gasteiger charge is -2.22. The predicted molar refractivity (Wildman–Crippen MR) is 112 cm³/mol. The molecule has 0 atom stereocenters. The summed E-state index contributed by atoms with van der Waals surface area (Å²) in [5.41, 5.74) is 5.82. The molecule has 0 saturated heterocycles. The molecule has 2 rings (SSSR count). The fraction of sp³-hybridized carbons (Fsp3) is 0.300. The molecule has 0 aliphatic heterocycles. The number of amides is 2. The molecule has 29 heavy (non-hydrogen) atoms. The highest BCUT2D eigenvalue weighted by Crippen LogP contribution is 2.25. The van der Waals surface area contributed by atoms with Crippen LogP contribution in [0.1, 0.15) is 47.1 Å². The molecule has 0 radical (unpaired) electrons. The molecule has 0 aliphatic rings. The number of halogens is 1. The van der Waals surface area contributed by atoms with Crippen LogP contribution in [0.5, 0.6) is 0 Å². The van der Waals surface area contributed by atoms with Gasteiger partial charge in [0.05, 0.1) is 5.02 Å². The molecule has 2 amide bonds. The molecule has 0 bridgehead atoms. The highest BCUT2D eigenvalue weighted by atomic mass is 35.5.